The van der Waals surface area contributed by atoms with Crippen molar-refractivity contribution in [1.29, 1.82) is 0 Å². The summed E-state index contributed by atoms with van der Waals surface area (Å²) >= 11 is 0. The molecule has 2 N–H and O–H groups in total. The molecule has 0 aliphatic rings. The molecule has 0 aliphatic heterocycles. The Labute approximate surface area is 84.3 Å². The Kier molecular flexibility index (Phi) is 5.43. The second-order valence-electron chi connectivity index (χ2n) is 5.19. The van der Waals surface area contributed by atoms with Crippen LogP contribution in [0.25, 0.3) is 0 Å². The highest BCUT2D eigenvalue weighted by molar-refractivity contribution is 6.70. The van der Waals surface area contributed by atoms with Crippen LogP contribution in [-0.2, 0) is 0 Å². The number of unbranched alkanes of at least 4 members (excludes halogenated alkanes) is 2. The van der Waals surface area contributed by atoms with Gasteiger partial charge in [0.15, 0.2) is 16.6 Å². The molecule has 4 heteroatoms. The minimum absolute atomic E-state index is 1.00. The van der Waals surface area contributed by atoms with Gasteiger partial charge < -0.3 is 9.59 Å². The fraction of sp³-hybridized carbons (Fsp3) is 1.00. The summed E-state index contributed by atoms with van der Waals surface area (Å²) in [7, 11) is -3.61. The highest BCUT2D eigenvalue weighted by Gasteiger charge is 2.17. The quantitative estimate of drug-likeness (QED) is 0.533. The van der Waals surface area contributed by atoms with Crippen molar-refractivity contribution in [1.82, 2.24) is 0 Å². The van der Waals surface area contributed by atoms with Crippen LogP contribution in [0.1, 0.15) is 19.3 Å². The van der Waals surface area contributed by atoms with E-state index in [1.165, 1.54) is 0 Å². The average molecular weight is 220 g/mol. The largest absolute Gasteiger partial charge is 0.432 e. The first-order valence-corrected chi connectivity index (χ1v) is 11.5. The summed E-state index contributed by atoms with van der Waals surface area (Å²) in [5, 5.41) is 0. The van der Waals surface area contributed by atoms with Crippen LogP contribution in [0.3, 0.4) is 0 Å². The van der Waals surface area contributed by atoms with Gasteiger partial charge in [0.1, 0.15) is 0 Å². The zero-order valence-corrected chi connectivity index (χ0v) is 11.4. The molecule has 0 heterocycles. The van der Waals surface area contributed by atoms with Crippen LogP contribution >= 0.6 is 0 Å². The molecule has 2 nitrogen and oxygen atoms in total. The Balaban J connectivity index is 3.28. The van der Waals surface area contributed by atoms with Gasteiger partial charge in [-0.3, -0.25) is 0 Å². The maximum absolute atomic E-state index is 9.58. The molecule has 80 valence electrons. The highest BCUT2D eigenvalue weighted by Crippen LogP contribution is 2.15. The minimum Gasteiger partial charge on any atom is -0.432 e. The third-order valence-corrected chi connectivity index (χ3v) is 5.23. The van der Waals surface area contributed by atoms with Gasteiger partial charge in [0.05, 0.1) is 0 Å². The summed E-state index contributed by atoms with van der Waals surface area (Å²) in [5.74, 6) is 0. The van der Waals surface area contributed by atoms with E-state index >= 15 is 0 Å². The molecule has 0 unspecified atom stereocenters. The molecule has 0 saturated carbocycles. The normalized spacial score (nSPS) is 13.4. The van der Waals surface area contributed by atoms with Gasteiger partial charge in [0.2, 0.25) is 0 Å². The Morgan fingerprint density at radius 2 is 1.00 bits per heavy atom. The van der Waals surface area contributed by atoms with Gasteiger partial charge in [-0.1, -0.05) is 19.3 Å². The number of rotatable bonds is 6. The van der Waals surface area contributed by atoms with Crippen molar-refractivity contribution in [3.05, 3.63) is 0 Å². The van der Waals surface area contributed by atoms with E-state index in [0.29, 0.717) is 0 Å². The Morgan fingerprint density at radius 1 is 0.692 bits per heavy atom. The van der Waals surface area contributed by atoms with Crippen LogP contribution in [0.5, 0.6) is 0 Å². The van der Waals surface area contributed by atoms with Crippen LogP contribution in [0.4, 0.5) is 0 Å². The molecule has 0 aromatic rings. The maximum atomic E-state index is 9.58. The first-order valence-electron chi connectivity index (χ1n) is 5.15. The van der Waals surface area contributed by atoms with E-state index in [-0.39, 0.29) is 0 Å². The lowest BCUT2D eigenvalue weighted by molar-refractivity contribution is 0.532. The first kappa shape index (κ1) is 13.4. The fourth-order valence-corrected chi connectivity index (χ4v) is 3.52. The summed E-state index contributed by atoms with van der Waals surface area (Å²) in [5.41, 5.74) is 0. The maximum Gasteiger partial charge on any atom is 0.182 e. The van der Waals surface area contributed by atoms with Crippen molar-refractivity contribution in [2.75, 3.05) is 0 Å². The van der Waals surface area contributed by atoms with E-state index in [0.717, 1.165) is 31.4 Å². The molecule has 13 heavy (non-hydrogen) atoms. The molecule has 0 aromatic carbocycles. The zero-order valence-electron chi connectivity index (χ0n) is 9.43. The Hall–Kier alpha value is 0.354. The molecule has 0 rings (SSSR count). The summed E-state index contributed by atoms with van der Waals surface area (Å²) in [6.45, 7) is 7.94. The molecule has 0 atom stereocenters. The van der Waals surface area contributed by atoms with Crippen molar-refractivity contribution in [3.8, 4) is 0 Å². The van der Waals surface area contributed by atoms with Gasteiger partial charge in [0, 0.05) is 0 Å². The molecule has 0 aliphatic carbocycles. The van der Waals surface area contributed by atoms with Crippen molar-refractivity contribution in [2.24, 2.45) is 0 Å². The predicted octanol–water partition coefficient (Wildman–Crippen LogP) is 2.55. The summed E-state index contributed by atoms with van der Waals surface area (Å²) < 4.78 is 0. The molecule has 0 aromatic heterocycles. The number of hydrogen-bond donors (Lipinski definition) is 2. The van der Waals surface area contributed by atoms with E-state index in [2.05, 4.69) is 0 Å². The summed E-state index contributed by atoms with van der Waals surface area (Å²) in [4.78, 5) is 19.2. The van der Waals surface area contributed by atoms with Gasteiger partial charge in [0.25, 0.3) is 0 Å². The third kappa shape index (κ3) is 12.4. The van der Waals surface area contributed by atoms with Crippen molar-refractivity contribution < 1.29 is 9.59 Å². The van der Waals surface area contributed by atoms with Gasteiger partial charge in [-0.05, 0) is 38.3 Å². The zero-order chi connectivity index (χ0) is 10.5. The predicted molar refractivity (Wildman–Crippen MR) is 62.9 cm³/mol. The molecular weight excluding hydrogens is 196 g/mol. The van der Waals surface area contributed by atoms with Gasteiger partial charge in [-0.25, -0.2) is 0 Å². The topological polar surface area (TPSA) is 40.5 Å². The van der Waals surface area contributed by atoms with Gasteiger partial charge in [-0.15, -0.1) is 0 Å². The number of hydrogen-bond acceptors (Lipinski definition) is 2. The van der Waals surface area contributed by atoms with E-state index in [1.54, 1.807) is 0 Å². The Bertz CT molecular complexity index is 120. The lowest BCUT2D eigenvalue weighted by atomic mass is 10.3. The standard InChI is InChI=1S/C9H24O2Si2/c1-12(2,10)8-6-5-7-9-13(3,4)11/h10-11H,5-9H2,1-4H3. The summed E-state index contributed by atoms with van der Waals surface area (Å²) in [6.07, 6.45) is 3.41. The second kappa shape index (κ2) is 5.29. The van der Waals surface area contributed by atoms with Crippen LogP contribution in [0, 0.1) is 0 Å². The summed E-state index contributed by atoms with van der Waals surface area (Å²) in [6, 6.07) is 2.00. The highest BCUT2D eigenvalue weighted by atomic mass is 28.4. The smallest absolute Gasteiger partial charge is 0.182 e. The SMILES string of the molecule is C[Si](C)(O)CCCCC[Si](C)(C)O. The molecule has 0 amide bonds. The van der Waals surface area contributed by atoms with Crippen LogP contribution in [0.2, 0.25) is 38.3 Å². The van der Waals surface area contributed by atoms with Crippen molar-refractivity contribution in [3.63, 3.8) is 0 Å². The minimum atomic E-state index is -1.80. The molecule has 0 bridgehead atoms. The molecule has 0 fully saturated rings. The molecule has 0 saturated heterocycles. The first-order chi connectivity index (χ1) is 5.71. The van der Waals surface area contributed by atoms with Crippen LogP contribution in [-0.4, -0.2) is 26.2 Å². The molecular formula is C9H24O2Si2. The van der Waals surface area contributed by atoms with Gasteiger partial charge >= 0.3 is 0 Å². The molecule has 0 radical (unpaired) electrons. The van der Waals surface area contributed by atoms with E-state index in [1.807, 2.05) is 26.2 Å². The van der Waals surface area contributed by atoms with E-state index in [4.69, 9.17) is 0 Å². The third-order valence-electron chi connectivity index (χ3n) is 2.08. The van der Waals surface area contributed by atoms with Crippen LogP contribution in [0.15, 0.2) is 0 Å². The lowest BCUT2D eigenvalue weighted by Gasteiger charge is -2.15. The van der Waals surface area contributed by atoms with Crippen molar-refractivity contribution >= 4 is 16.6 Å². The van der Waals surface area contributed by atoms with Gasteiger partial charge in [-0.2, -0.15) is 0 Å². The second-order valence-corrected chi connectivity index (χ2v) is 13.4. The lowest BCUT2D eigenvalue weighted by Crippen LogP contribution is -2.25. The van der Waals surface area contributed by atoms with E-state index < -0.39 is 16.6 Å². The van der Waals surface area contributed by atoms with Crippen LogP contribution < -0.4 is 0 Å². The Morgan fingerprint density at radius 3 is 1.23 bits per heavy atom. The molecule has 0 spiro atoms. The van der Waals surface area contributed by atoms with Crippen molar-refractivity contribution in [2.45, 2.75) is 57.5 Å². The van der Waals surface area contributed by atoms with E-state index in [9.17, 15) is 9.59 Å². The average Bonchev–Trinajstić information content (AvgIpc) is 1.81. The monoisotopic (exact) mass is 220 g/mol. The fourth-order valence-electron chi connectivity index (χ4n) is 1.29.